The predicted molar refractivity (Wildman–Crippen MR) is 64.0 cm³/mol. The van der Waals surface area contributed by atoms with E-state index in [1.165, 1.54) is 10.9 Å². The van der Waals surface area contributed by atoms with Crippen molar-refractivity contribution in [2.24, 2.45) is 5.73 Å². The normalized spacial score (nSPS) is 10.5. The molecule has 0 saturated carbocycles. The summed E-state index contributed by atoms with van der Waals surface area (Å²) < 4.78 is 1.34. The maximum absolute atomic E-state index is 11.3. The van der Waals surface area contributed by atoms with Gasteiger partial charge in [0.1, 0.15) is 5.02 Å². The molecule has 17 heavy (non-hydrogen) atoms. The van der Waals surface area contributed by atoms with E-state index in [0.29, 0.717) is 10.8 Å². The van der Waals surface area contributed by atoms with Crippen LogP contribution in [0.25, 0.3) is 5.82 Å². The summed E-state index contributed by atoms with van der Waals surface area (Å²) in [7, 11) is 0. The largest absolute Gasteiger partial charge is 0.381 e. The van der Waals surface area contributed by atoms with Gasteiger partial charge in [0.15, 0.2) is 11.6 Å². The first-order chi connectivity index (χ1) is 7.99. The third-order valence-electron chi connectivity index (χ3n) is 2.19. The minimum Gasteiger partial charge on any atom is -0.381 e. The van der Waals surface area contributed by atoms with Crippen LogP contribution in [-0.4, -0.2) is 20.7 Å². The highest BCUT2D eigenvalue weighted by molar-refractivity contribution is 6.32. The molecule has 0 radical (unpaired) electrons. The van der Waals surface area contributed by atoms with Gasteiger partial charge in [-0.25, -0.2) is 9.67 Å². The predicted octanol–water partition coefficient (Wildman–Crippen LogP) is 0.910. The molecule has 0 aliphatic heterocycles. The maximum atomic E-state index is 11.3. The molecule has 0 atom stereocenters. The van der Waals surface area contributed by atoms with E-state index >= 15 is 0 Å². The van der Waals surface area contributed by atoms with Crippen molar-refractivity contribution in [2.75, 3.05) is 5.73 Å². The second-order valence-corrected chi connectivity index (χ2v) is 3.90. The zero-order valence-electron chi connectivity index (χ0n) is 9.01. The number of halogens is 1. The lowest BCUT2D eigenvalue weighted by atomic mass is 10.2. The molecule has 4 N–H and O–H groups in total. The minimum absolute atomic E-state index is 0.172. The van der Waals surface area contributed by atoms with Crippen LogP contribution in [0.2, 0.25) is 5.02 Å². The quantitative estimate of drug-likeness (QED) is 0.828. The van der Waals surface area contributed by atoms with Crippen LogP contribution in [0.3, 0.4) is 0 Å². The van der Waals surface area contributed by atoms with Crippen LogP contribution in [0, 0.1) is 6.92 Å². The van der Waals surface area contributed by atoms with Gasteiger partial charge in [0.2, 0.25) is 0 Å². The Morgan fingerprint density at radius 1 is 1.47 bits per heavy atom. The summed E-state index contributed by atoms with van der Waals surface area (Å²) in [5.74, 6) is -0.0980. The van der Waals surface area contributed by atoms with Crippen LogP contribution >= 0.6 is 11.6 Å². The summed E-state index contributed by atoms with van der Waals surface area (Å²) in [4.78, 5) is 15.5. The Bertz CT molecular complexity index is 573. The van der Waals surface area contributed by atoms with E-state index in [4.69, 9.17) is 23.1 Å². The van der Waals surface area contributed by atoms with Gasteiger partial charge in [0.25, 0.3) is 5.91 Å². The summed E-state index contributed by atoms with van der Waals surface area (Å²) in [5.41, 5.74) is 11.8. The number of primary amides is 1. The lowest BCUT2D eigenvalue weighted by Crippen LogP contribution is -2.16. The summed E-state index contributed by atoms with van der Waals surface area (Å²) >= 11 is 5.80. The van der Waals surface area contributed by atoms with E-state index in [0.717, 1.165) is 5.69 Å². The van der Waals surface area contributed by atoms with E-state index in [-0.39, 0.29) is 11.4 Å². The summed E-state index contributed by atoms with van der Waals surface area (Å²) in [6.45, 7) is 1.79. The molecule has 0 aliphatic rings. The zero-order chi connectivity index (χ0) is 12.6. The van der Waals surface area contributed by atoms with Crippen LogP contribution in [0.1, 0.15) is 16.1 Å². The molecule has 0 unspecified atom stereocenters. The van der Waals surface area contributed by atoms with Gasteiger partial charge in [0.05, 0.1) is 11.8 Å². The topological polar surface area (TPSA) is 99.8 Å². The Hall–Kier alpha value is -2.08. The van der Waals surface area contributed by atoms with E-state index in [2.05, 4.69) is 10.1 Å². The fraction of sp³-hybridized carbons (Fsp3) is 0.100. The summed E-state index contributed by atoms with van der Waals surface area (Å²) in [6, 6.07) is 3.28. The van der Waals surface area contributed by atoms with Crippen molar-refractivity contribution >= 4 is 23.3 Å². The lowest BCUT2D eigenvalue weighted by Gasteiger charge is -2.06. The Balaban J connectivity index is 2.64. The molecule has 0 spiro atoms. The smallest absolute Gasteiger partial charge is 0.252 e. The Kier molecular flexibility index (Phi) is 2.72. The van der Waals surface area contributed by atoms with Crippen LogP contribution < -0.4 is 11.5 Å². The van der Waals surface area contributed by atoms with E-state index in [1.807, 2.05) is 0 Å². The molecule has 0 aromatic carbocycles. The highest BCUT2D eigenvalue weighted by atomic mass is 35.5. The van der Waals surface area contributed by atoms with Crippen LogP contribution in [0.5, 0.6) is 0 Å². The summed E-state index contributed by atoms with van der Waals surface area (Å²) in [5, 5.41) is 4.25. The van der Waals surface area contributed by atoms with Gasteiger partial charge >= 0.3 is 0 Å². The van der Waals surface area contributed by atoms with Crippen molar-refractivity contribution in [1.82, 2.24) is 14.8 Å². The first-order valence-corrected chi connectivity index (χ1v) is 5.15. The molecule has 1 amide bonds. The SMILES string of the molecule is Cc1ccc(C(N)=O)c(-n2cc(Cl)c(N)n2)n1. The van der Waals surface area contributed by atoms with Gasteiger partial charge in [-0.2, -0.15) is 0 Å². The highest BCUT2D eigenvalue weighted by Crippen LogP contribution is 2.20. The highest BCUT2D eigenvalue weighted by Gasteiger charge is 2.14. The number of aryl methyl sites for hydroxylation is 1. The maximum Gasteiger partial charge on any atom is 0.252 e. The average Bonchev–Trinajstić information content (AvgIpc) is 2.58. The average molecular weight is 252 g/mol. The second kappa shape index (κ2) is 4.06. The van der Waals surface area contributed by atoms with Crippen molar-refractivity contribution in [1.29, 1.82) is 0 Å². The number of hydrogen-bond acceptors (Lipinski definition) is 4. The van der Waals surface area contributed by atoms with Gasteiger partial charge in [-0.05, 0) is 19.1 Å². The van der Waals surface area contributed by atoms with Crippen LogP contribution in [-0.2, 0) is 0 Å². The Labute approximate surface area is 102 Å². The van der Waals surface area contributed by atoms with Crippen molar-refractivity contribution in [3.8, 4) is 5.82 Å². The molecule has 7 heteroatoms. The molecule has 2 rings (SSSR count). The second-order valence-electron chi connectivity index (χ2n) is 3.49. The van der Waals surface area contributed by atoms with Crippen molar-refractivity contribution in [3.63, 3.8) is 0 Å². The number of nitrogens with zero attached hydrogens (tertiary/aromatic N) is 3. The number of carbonyl (C=O) groups excluding carboxylic acids is 1. The molecule has 0 bridgehead atoms. The fourth-order valence-corrected chi connectivity index (χ4v) is 1.51. The molecule has 0 aliphatic carbocycles. The molecule has 2 aromatic rings. The van der Waals surface area contributed by atoms with Crippen molar-refractivity contribution < 1.29 is 4.79 Å². The van der Waals surface area contributed by atoms with Gasteiger partial charge in [-0.3, -0.25) is 4.79 Å². The third kappa shape index (κ3) is 2.07. The summed E-state index contributed by atoms with van der Waals surface area (Å²) in [6.07, 6.45) is 1.48. The molecule has 88 valence electrons. The minimum atomic E-state index is -0.585. The van der Waals surface area contributed by atoms with Gasteiger partial charge in [0, 0.05) is 5.69 Å². The number of rotatable bonds is 2. The first kappa shape index (κ1) is 11.4. The molecule has 0 fully saturated rings. The number of anilines is 1. The van der Waals surface area contributed by atoms with Crippen molar-refractivity contribution in [3.05, 3.63) is 34.6 Å². The van der Waals surface area contributed by atoms with Gasteiger partial charge in [-0.15, -0.1) is 5.10 Å². The molecular formula is C10H10ClN5O. The van der Waals surface area contributed by atoms with Gasteiger partial charge in [-0.1, -0.05) is 11.6 Å². The number of aromatic nitrogens is 3. The van der Waals surface area contributed by atoms with Crippen LogP contribution in [0.4, 0.5) is 5.82 Å². The van der Waals surface area contributed by atoms with E-state index < -0.39 is 5.91 Å². The molecule has 2 heterocycles. The van der Waals surface area contributed by atoms with E-state index in [9.17, 15) is 4.79 Å². The van der Waals surface area contributed by atoms with E-state index in [1.54, 1.807) is 19.1 Å². The van der Waals surface area contributed by atoms with Crippen molar-refractivity contribution in [2.45, 2.75) is 6.92 Å². The number of nitrogen functional groups attached to an aromatic ring is 1. The zero-order valence-corrected chi connectivity index (χ0v) is 9.77. The number of hydrogen-bond donors (Lipinski definition) is 2. The Morgan fingerprint density at radius 3 is 2.71 bits per heavy atom. The number of carbonyl (C=O) groups is 1. The fourth-order valence-electron chi connectivity index (χ4n) is 1.38. The van der Waals surface area contributed by atoms with Gasteiger partial charge < -0.3 is 11.5 Å². The molecule has 2 aromatic heterocycles. The molecular weight excluding hydrogens is 242 g/mol. The molecule has 0 saturated heterocycles. The third-order valence-corrected chi connectivity index (χ3v) is 2.48. The monoisotopic (exact) mass is 251 g/mol. The standard InChI is InChI=1S/C10H10ClN5O/c1-5-2-3-6(9(13)17)10(14-5)16-4-7(11)8(12)15-16/h2-4H,1H3,(H2,12,15)(H2,13,17). The number of amides is 1. The number of pyridine rings is 1. The first-order valence-electron chi connectivity index (χ1n) is 4.77. The number of nitrogens with two attached hydrogens (primary N) is 2. The van der Waals surface area contributed by atoms with Crippen LogP contribution in [0.15, 0.2) is 18.3 Å². The lowest BCUT2D eigenvalue weighted by molar-refractivity contribution is 0.1000. The molecule has 6 nitrogen and oxygen atoms in total. The Morgan fingerprint density at radius 2 is 2.18 bits per heavy atom.